The molecule has 3 rings (SSSR count). The smallest absolute Gasteiger partial charge is 0.292 e. The highest BCUT2D eigenvalue weighted by Crippen LogP contribution is 2.39. The number of nitrogens with zero attached hydrogens (tertiary/aromatic N) is 2. The molecule has 0 saturated carbocycles. The fraction of sp³-hybridized carbons (Fsp3) is 0. The van der Waals surface area contributed by atoms with Crippen LogP contribution in [0.2, 0.25) is 0 Å². The van der Waals surface area contributed by atoms with E-state index < -0.39 is 0 Å². The maximum Gasteiger partial charge on any atom is 0.292 e. The first-order valence-corrected chi connectivity index (χ1v) is 6.95. The van der Waals surface area contributed by atoms with Crippen LogP contribution < -0.4 is 9.64 Å². The molecule has 0 unspecified atom stereocenters. The second-order valence-electron chi connectivity index (χ2n) is 4.67. The largest absolute Gasteiger partial charge is 0.386 e. The van der Waals surface area contributed by atoms with Crippen molar-refractivity contribution in [3.05, 3.63) is 84.9 Å². The number of rotatable bonds is 4. The molecule has 0 amide bonds. The predicted molar refractivity (Wildman–Crippen MR) is 87.4 cm³/mol. The van der Waals surface area contributed by atoms with Gasteiger partial charge in [0.25, 0.3) is 6.26 Å². The van der Waals surface area contributed by atoms with E-state index in [1.807, 2.05) is 78.9 Å². The first-order valence-electron chi connectivity index (χ1n) is 6.95. The van der Waals surface area contributed by atoms with Crippen molar-refractivity contribution in [3.8, 4) is 12.0 Å². The van der Waals surface area contributed by atoms with Gasteiger partial charge in [0.1, 0.15) is 0 Å². The van der Waals surface area contributed by atoms with Gasteiger partial charge in [0, 0.05) is 11.4 Å². The van der Waals surface area contributed by atoms with Crippen molar-refractivity contribution < 1.29 is 4.74 Å². The average molecular weight is 286 g/mol. The van der Waals surface area contributed by atoms with E-state index in [4.69, 9.17) is 10.00 Å². The minimum Gasteiger partial charge on any atom is -0.386 e. The zero-order valence-corrected chi connectivity index (χ0v) is 11.9. The number of para-hydroxylation sites is 4. The molecule has 3 aromatic rings. The van der Waals surface area contributed by atoms with E-state index >= 15 is 0 Å². The minimum atomic E-state index is 0.526. The topological polar surface area (TPSA) is 36.3 Å². The lowest BCUT2D eigenvalue weighted by Crippen LogP contribution is -2.10. The van der Waals surface area contributed by atoms with Crippen molar-refractivity contribution >= 4 is 17.1 Å². The van der Waals surface area contributed by atoms with E-state index in [9.17, 15) is 0 Å². The van der Waals surface area contributed by atoms with Crippen LogP contribution in [0, 0.1) is 11.5 Å². The molecule has 0 bridgehead atoms. The Morgan fingerprint density at radius 1 is 0.682 bits per heavy atom. The Hall–Kier alpha value is -3.25. The Balaban J connectivity index is 2.17. The van der Waals surface area contributed by atoms with E-state index in [2.05, 4.69) is 4.90 Å². The molecule has 3 heteroatoms. The van der Waals surface area contributed by atoms with Gasteiger partial charge in [-0.25, -0.2) is 0 Å². The zero-order valence-electron chi connectivity index (χ0n) is 11.9. The number of hydrogen-bond donors (Lipinski definition) is 0. The van der Waals surface area contributed by atoms with Gasteiger partial charge in [0.2, 0.25) is 0 Å². The van der Waals surface area contributed by atoms with Crippen LogP contribution in [0.25, 0.3) is 0 Å². The molecule has 22 heavy (non-hydrogen) atoms. The van der Waals surface area contributed by atoms with Gasteiger partial charge in [-0.05, 0) is 36.4 Å². The number of nitriles is 1. The molecule has 106 valence electrons. The molecule has 3 nitrogen and oxygen atoms in total. The summed E-state index contributed by atoms with van der Waals surface area (Å²) in [7, 11) is 0. The lowest BCUT2D eigenvalue weighted by Gasteiger charge is -2.26. The molecule has 0 heterocycles. The summed E-state index contributed by atoms with van der Waals surface area (Å²) < 4.78 is 5.12. The third-order valence-corrected chi connectivity index (χ3v) is 3.29. The zero-order chi connectivity index (χ0) is 15.2. The van der Waals surface area contributed by atoms with E-state index in [1.54, 1.807) is 12.3 Å². The second-order valence-corrected chi connectivity index (χ2v) is 4.67. The fourth-order valence-electron chi connectivity index (χ4n) is 2.36. The summed E-state index contributed by atoms with van der Waals surface area (Å²) in [6.45, 7) is 0. The molecule has 0 atom stereocenters. The fourth-order valence-corrected chi connectivity index (χ4v) is 2.36. The van der Waals surface area contributed by atoms with Crippen molar-refractivity contribution in [1.29, 1.82) is 5.26 Å². The van der Waals surface area contributed by atoms with Crippen molar-refractivity contribution in [3.63, 3.8) is 0 Å². The highest BCUT2D eigenvalue weighted by Gasteiger charge is 2.16. The van der Waals surface area contributed by atoms with Gasteiger partial charge in [-0.1, -0.05) is 48.5 Å². The normalized spacial score (nSPS) is 9.77. The highest BCUT2D eigenvalue weighted by atomic mass is 16.5. The van der Waals surface area contributed by atoms with Gasteiger partial charge in [0.15, 0.2) is 5.75 Å². The van der Waals surface area contributed by atoms with Gasteiger partial charge in [0.05, 0.1) is 5.69 Å². The molecular formula is C19H14N2O. The van der Waals surface area contributed by atoms with Crippen molar-refractivity contribution in [2.24, 2.45) is 0 Å². The van der Waals surface area contributed by atoms with Crippen LogP contribution in [0.15, 0.2) is 84.9 Å². The molecule has 0 aliphatic carbocycles. The second kappa shape index (κ2) is 6.47. The summed E-state index contributed by atoms with van der Waals surface area (Å²) >= 11 is 0. The maximum absolute atomic E-state index is 8.88. The Bertz CT molecular complexity index is 740. The molecule has 0 aliphatic heterocycles. The standard InChI is InChI=1S/C19H14N2O/c20-15-22-19-14-8-7-13-18(19)21(16-9-3-1-4-10-16)17-11-5-2-6-12-17/h1-14H. The van der Waals surface area contributed by atoms with Crippen molar-refractivity contribution in [2.45, 2.75) is 0 Å². The van der Waals surface area contributed by atoms with Gasteiger partial charge >= 0.3 is 0 Å². The summed E-state index contributed by atoms with van der Waals surface area (Å²) in [4.78, 5) is 2.06. The van der Waals surface area contributed by atoms with Gasteiger partial charge in [-0.15, -0.1) is 5.26 Å². The Kier molecular flexibility index (Phi) is 4.03. The van der Waals surface area contributed by atoms with Gasteiger partial charge in [-0.2, -0.15) is 0 Å². The number of anilines is 3. The van der Waals surface area contributed by atoms with E-state index in [1.165, 1.54) is 0 Å². The Morgan fingerprint density at radius 3 is 1.73 bits per heavy atom. The number of benzene rings is 3. The summed E-state index contributed by atoms with van der Waals surface area (Å²) in [6.07, 6.45) is 1.76. The lowest BCUT2D eigenvalue weighted by atomic mass is 10.2. The summed E-state index contributed by atoms with van der Waals surface area (Å²) in [6, 6.07) is 27.5. The third kappa shape index (κ3) is 2.77. The first kappa shape index (κ1) is 13.7. The van der Waals surface area contributed by atoms with Crippen molar-refractivity contribution in [2.75, 3.05) is 4.90 Å². The van der Waals surface area contributed by atoms with Crippen molar-refractivity contribution in [1.82, 2.24) is 0 Å². The monoisotopic (exact) mass is 286 g/mol. The maximum atomic E-state index is 8.88. The molecule has 0 N–H and O–H groups in total. The van der Waals surface area contributed by atoms with Gasteiger partial charge < -0.3 is 9.64 Å². The first-order chi connectivity index (χ1) is 10.9. The van der Waals surface area contributed by atoms with Crippen LogP contribution in [-0.4, -0.2) is 0 Å². The molecule has 0 fully saturated rings. The van der Waals surface area contributed by atoms with E-state index in [-0.39, 0.29) is 0 Å². The molecule has 3 aromatic carbocycles. The lowest BCUT2D eigenvalue weighted by molar-refractivity contribution is 0.508. The summed E-state index contributed by atoms with van der Waals surface area (Å²) in [5.74, 6) is 0.526. The molecule has 0 radical (unpaired) electrons. The average Bonchev–Trinajstić information content (AvgIpc) is 2.59. The molecule has 0 aromatic heterocycles. The number of hydrogen-bond acceptors (Lipinski definition) is 3. The highest BCUT2D eigenvalue weighted by molar-refractivity contribution is 5.79. The number of ether oxygens (including phenoxy) is 1. The minimum absolute atomic E-state index is 0.526. The van der Waals surface area contributed by atoms with Crippen LogP contribution in [0.3, 0.4) is 0 Å². The molecule has 0 aliphatic rings. The van der Waals surface area contributed by atoms with Crippen LogP contribution in [-0.2, 0) is 0 Å². The summed E-state index contributed by atoms with van der Waals surface area (Å²) in [5, 5.41) is 8.88. The van der Waals surface area contributed by atoms with Crippen LogP contribution in [0.5, 0.6) is 5.75 Å². The molecular weight excluding hydrogens is 272 g/mol. The van der Waals surface area contributed by atoms with Crippen LogP contribution in [0.1, 0.15) is 0 Å². The third-order valence-electron chi connectivity index (χ3n) is 3.29. The van der Waals surface area contributed by atoms with Gasteiger partial charge in [-0.3, -0.25) is 0 Å². The Labute approximate surface area is 129 Å². The van der Waals surface area contributed by atoms with Crippen LogP contribution >= 0.6 is 0 Å². The SMILES string of the molecule is N#COc1ccccc1N(c1ccccc1)c1ccccc1. The predicted octanol–water partition coefficient (Wildman–Crippen LogP) is 5.02. The van der Waals surface area contributed by atoms with E-state index in [0.29, 0.717) is 5.75 Å². The Morgan fingerprint density at radius 2 is 1.18 bits per heavy atom. The van der Waals surface area contributed by atoms with Crippen LogP contribution in [0.4, 0.5) is 17.1 Å². The molecule has 0 spiro atoms. The quantitative estimate of drug-likeness (QED) is 0.632. The molecule has 0 saturated heterocycles. The summed E-state index contributed by atoms with van der Waals surface area (Å²) in [5.41, 5.74) is 2.83. The van der Waals surface area contributed by atoms with E-state index in [0.717, 1.165) is 17.1 Å².